The Bertz CT molecular complexity index is 990. The summed E-state index contributed by atoms with van der Waals surface area (Å²) in [7, 11) is 0. The van der Waals surface area contributed by atoms with E-state index < -0.39 is 23.4 Å². The maximum absolute atomic E-state index is 13.5. The number of fused-ring (bicyclic) bond motifs is 1. The second-order valence-corrected chi connectivity index (χ2v) is 8.51. The fraction of sp³-hybridized carbons (Fsp3) is 0.450. The first-order valence-electron chi connectivity index (χ1n) is 9.54. The predicted molar refractivity (Wildman–Crippen MR) is 109 cm³/mol. The molecule has 1 aromatic heterocycles. The van der Waals surface area contributed by atoms with Crippen LogP contribution in [0.2, 0.25) is 5.02 Å². The second kappa shape index (κ2) is 8.22. The van der Waals surface area contributed by atoms with Crippen molar-refractivity contribution in [2.24, 2.45) is 5.73 Å². The Morgan fingerprint density at radius 1 is 1.37 bits per heavy atom. The van der Waals surface area contributed by atoms with Crippen LogP contribution in [0.3, 0.4) is 0 Å². The summed E-state index contributed by atoms with van der Waals surface area (Å²) in [6.45, 7) is 5.74. The van der Waals surface area contributed by atoms with Crippen LogP contribution in [0.25, 0.3) is 11.3 Å². The highest BCUT2D eigenvalue weighted by atomic mass is 35.5. The van der Waals surface area contributed by atoms with Crippen molar-refractivity contribution in [2.45, 2.75) is 52.0 Å². The van der Waals surface area contributed by atoms with Gasteiger partial charge in [0.15, 0.2) is 0 Å². The van der Waals surface area contributed by atoms with Gasteiger partial charge in [0.2, 0.25) is 0 Å². The van der Waals surface area contributed by atoms with Gasteiger partial charge in [-0.15, -0.1) is 0 Å². The van der Waals surface area contributed by atoms with Crippen LogP contribution in [0.1, 0.15) is 43.2 Å². The minimum Gasteiger partial charge on any atom is -0.365 e. The number of rotatable bonds is 5. The van der Waals surface area contributed by atoms with E-state index in [0.29, 0.717) is 24.3 Å². The SMILES string of the molecule is CC(F)CC(C)(C)NC(=O)N1CCn2nc(-c3ccc(F)c(Cl)c3)c(C(N)=O)c2C1. The van der Waals surface area contributed by atoms with Crippen LogP contribution in [0.15, 0.2) is 18.2 Å². The van der Waals surface area contributed by atoms with Crippen molar-refractivity contribution in [3.8, 4) is 11.3 Å². The number of amides is 3. The molecule has 0 bridgehead atoms. The normalized spacial score (nSPS) is 14.9. The van der Waals surface area contributed by atoms with Gasteiger partial charge in [0.05, 0.1) is 35.5 Å². The van der Waals surface area contributed by atoms with Gasteiger partial charge in [-0.2, -0.15) is 5.10 Å². The molecule has 1 aromatic carbocycles. The van der Waals surface area contributed by atoms with Crippen molar-refractivity contribution in [2.75, 3.05) is 6.54 Å². The average molecular weight is 440 g/mol. The van der Waals surface area contributed by atoms with Crippen LogP contribution in [-0.4, -0.2) is 44.9 Å². The highest BCUT2D eigenvalue weighted by molar-refractivity contribution is 6.31. The van der Waals surface area contributed by atoms with Gasteiger partial charge in [-0.25, -0.2) is 13.6 Å². The molecule has 162 valence electrons. The zero-order valence-corrected chi connectivity index (χ0v) is 17.8. The summed E-state index contributed by atoms with van der Waals surface area (Å²) in [4.78, 5) is 26.5. The van der Waals surface area contributed by atoms with Gasteiger partial charge in [-0.05, 0) is 39.0 Å². The van der Waals surface area contributed by atoms with E-state index in [1.807, 2.05) is 0 Å². The van der Waals surface area contributed by atoms with Crippen LogP contribution >= 0.6 is 11.6 Å². The van der Waals surface area contributed by atoms with E-state index in [-0.39, 0.29) is 35.3 Å². The van der Waals surface area contributed by atoms with Crippen LogP contribution in [0, 0.1) is 5.82 Å². The number of nitrogens with one attached hydrogen (secondary N) is 1. The summed E-state index contributed by atoms with van der Waals surface area (Å²) in [6.07, 6.45) is -0.887. The number of primary amides is 1. The number of carbonyl (C=O) groups is 2. The van der Waals surface area contributed by atoms with Crippen molar-refractivity contribution in [3.05, 3.63) is 40.3 Å². The molecule has 10 heteroatoms. The molecule has 0 radical (unpaired) electrons. The van der Waals surface area contributed by atoms with E-state index >= 15 is 0 Å². The third kappa shape index (κ3) is 4.56. The van der Waals surface area contributed by atoms with Gasteiger partial charge in [0, 0.05) is 24.1 Å². The largest absolute Gasteiger partial charge is 0.365 e. The Morgan fingerprint density at radius 2 is 2.07 bits per heavy atom. The van der Waals surface area contributed by atoms with E-state index in [9.17, 15) is 18.4 Å². The molecule has 1 unspecified atom stereocenters. The molecule has 30 heavy (non-hydrogen) atoms. The molecule has 1 aliphatic rings. The molecule has 3 amide bonds. The molecule has 0 saturated heterocycles. The monoisotopic (exact) mass is 439 g/mol. The van der Waals surface area contributed by atoms with Crippen LogP contribution in [-0.2, 0) is 13.1 Å². The first kappa shape index (κ1) is 22.0. The van der Waals surface area contributed by atoms with Gasteiger partial charge in [-0.1, -0.05) is 11.6 Å². The lowest BCUT2D eigenvalue weighted by molar-refractivity contribution is 0.0996. The number of urea groups is 1. The highest BCUT2D eigenvalue weighted by Gasteiger charge is 2.32. The first-order chi connectivity index (χ1) is 14.0. The van der Waals surface area contributed by atoms with Crippen molar-refractivity contribution in [3.63, 3.8) is 0 Å². The Balaban J connectivity index is 1.90. The fourth-order valence-corrected chi connectivity index (χ4v) is 3.90. The van der Waals surface area contributed by atoms with Gasteiger partial charge in [0.25, 0.3) is 5.91 Å². The lowest BCUT2D eigenvalue weighted by atomic mass is 9.98. The summed E-state index contributed by atoms with van der Waals surface area (Å²) in [5.74, 6) is -1.29. The van der Waals surface area contributed by atoms with Crippen molar-refractivity contribution in [1.82, 2.24) is 20.0 Å². The van der Waals surface area contributed by atoms with E-state index in [0.717, 1.165) is 0 Å². The molecule has 1 atom stereocenters. The fourth-order valence-electron chi connectivity index (χ4n) is 3.72. The number of alkyl halides is 1. The van der Waals surface area contributed by atoms with E-state index in [1.165, 1.54) is 30.0 Å². The minimum absolute atomic E-state index is 0.0979. The number of hydrogen-bond donors (Lipinski definition) is 2. The topological polar surface area (TPSA) is 93.2 Å². The molecule has 7 nitrogen and oxygen atoms in total. The molecule has 0 aliphatic carbocycles. The first-order valence-corrected chi connectivity index (χ1v) is 9.92. The molecule has 3 rings (SSSR count). The minimum atomic E-state index is -1.06. The van der Waals surface area contributed by atoms with Crippen molar-refractivity contribution < 1.29 is 18.4 Å². The quantitative estimate of drug-likeness (QED) is 0.746. The number of hydrogen-bond acceptors (Lipinski definition) is 3. The van der Waals surface area contributed by atoms with E-state index in [1.54, 1.807) is 18.5 Å². The highest BCUT2D eigenvalue weighted by Crippen LogP contribution is 2.30. The van der Waals surface area contributed by atoms with Gasteiger partial charge in [-0.3, -0.25) is 9.48 Å². The number of benzene rings is 1. The maximum atomic E-state index is 13.5. The molecule has 0 saturated carbocycles. The maximum Gasteiger partial charge on any atom is 0.318 e. The Morgan fingerprint density at radius 3 is 2.67 bits per heavy atom. The molecule has 0 fully saturated rings. The molecule has 0 spiro atoms. The Labute approximate surface area is 178 Å². The number of aromatic nitrogens is 2. The molecular formula is C20H24ClF2N5O2. The lowest BCUT2D eigenvalue weighted by Crippen LogP contribution is -2.52. The zero-order chi connectivity index (χ0) is 22.2. The molecule has 2 aromatic rings. The third-order valence-corrected chi connectivity index (χ3v) is 5.23. The van der Waals surface area contributed by atoms with E-state index in [2.05, 4.69) is 10.4 Å². The zero-order valence-electron chi connectivity index (χ0n) is 17.0. The number of carbonyl (C=O) groups excluding carboxylic acids is 2. The number of nitrogens with zero attached hydrogens (tertiary/aromatic N) is 3. The van der Waals surface area contributed by atoms with E-state index in [4.69, 9.17) is 17.3 Å². The molecular weight excluding hydrogens is 416 g/mol. The summed E-state index contributed by atoms with van der Waals surface area (Å²) in [5.41, 5.74) is 6.25. The van der Waals surface area contributed by atoms with Crippen LogP contribution in [0.5, 0.6) is 0 Å². The summed E-state index contributed by atoms with van der Waals surface area (Å²) < 4.78 is 28.5. The van der Waals surface area contributed by atoms with Gasteiger partial charge in [0.1, 0.15) is 11.5 Å². The second-order valence-electron chi connectivity index (χ2n) is 8.11. The Kier molecular flexibility index (Phi) is 6.03. The summed E-state index contributed by atoms with van der Waals surface area (Å²) in [6, 6.07) is 3.67. The molecule has 1 aliphatic heterocycles. The standard InChI is InChI=1S/C20H24ClF2N5O2/c1-11(22)9-20(2,3)25-19(30)27-6-7-28-15(10-27)16(18(24)29)17(26-28)12-4-5-14(23)13(21)8-12/h4-5,8,11H,6-7,9-10H2,1-3H3,(H2,24,29)(H,25,30). The van der Waals surface area contributed by atoms with Crippen molar-refractivity contribution in [1.29, 1.82) is 0 Å². The van der Waals surface area contributed by atoms with Gasteiger partial charge < -0.3 is 16.0 Å². The lowest BCUT2D eigenvalue weighted by Gasteiger charge is -2.33. The third-order valence-electron chi connectivity index (χ3n) is 4.94. The summed E-state index contributed by atoms with van der Waals surface area (Å²) >= 11 is 5.87. The Hall–Kier alpha value is -2.68. The number of nitrogens with two attached hydrogens (primary N) is 1. The average Bonchev–Trinajstić information content (AvgIpc) is 3.01. The van der Waals surface area contributed by atoms with Gasteiger partial charge >= 0.3 is 6.03 Å². The summed E-state index contributed by atoms with van der Waals surface area (Å²) in [5, 5.41) is 7.18. The van der Waals surface area contributed by atoms with Crippen LogP contribution in [0.4, 0.5) is 13.6 Å². The molecule has 2 heterocycles. The smallest absolute Gasteiger partial charge is 0.318 e. The molecule has 3 N–H and O–H groups in total. The van der Waals surface area contributed by atoms with Crippen LogP contribution < -0.4 is 11.1 Å². The van der Waals surface area contributed by atoms with Crippen molar-refractivity contribution >= 4 is 23.5 Å². The number of halogens is 3. The predicted octanol–water partition coefficient (Wildman–Crippen LogP) is 3.49.